The molecule has 0 aliphatic heterocycles. The molecule has 0 spiro atoms. The molecule has 0 saturated heterocycles. The number of unbranched alkanes of at least 4 members (excludes halogenated alkanes) is 25. The molecule has 6 nitrogen and oxygen atoms in total. The van der Waals surface area contributed by atoms with Crippen molar-refractivity contribution in [2.45, 2.75) is 252 Å². The van der Waals surface area contributed by atoms with E-state index >= 15 is 0 Å². The lowest BCUT2D eigenvalue weighted by Gasteiger charge is -2.18. The van der Waals surface area contributed by atoms with Crippen LogP contribution in [0.1, 0.15) is 245 Å². The number of hydrogen-bond donors (Lipinski definition) is 0. The number of hydrogen-bond acceptors (Lipinski definition) is 6. The Labute approximate surface area is 358 Å². The lowest BCUT2D eigenvalue weighted by atomic mass is 10.1. The molecule has 0 aliphatic carbocycles. The molecule has 336 valence electrons. The second-order valence-corrected chi connectivity index (χ2v) is 16.4. The van der Waals surface area contributed by atoms with Gasteiger partial charge in [-0.05, 0) is 57.8 Å². The lowest BCUT2D eigenvalue weighted by Crippen LogP contribution is -2.30. The van der Waals surface area contributed by atoms with E-state index in [9.17, 15) is 14.4 Å². The molecule has 0 aromatic heterocycles. The maximum Gasteiger partial charge on any atom is 0.306 e. The van der Waals surface area contributed by atoms with Crippen LogP contribution in [0.2, 0.25) is 0 Å². The first kappa shape index (κ1) is 55.4. The van der Waals surface area contributed by atoms with Crippen LogP contribution in [0.3, 0.4) is 0 Å². The monoisotopic (exact) mass is 813 g/mol. The Balaban J connectivity index is 4.24. The predicted octanol–water partition coefficient (Wildman–Crippen LogP) is 15.9. The first-order valence-electron chi connectivity index (χ1n) is 24.6. The highest BCUT2D eigenvalue weighted by atomic mass is 16.6. The van der Waals surface area contributed by atoms with Gasteiger partial charge < -0.3 is 14.2 Å². The number of rotatable bonds is 44. The number of allylic oxidation sites excluding steroid dienone is 8. The average molecular weight is 813 g/mol. The van der Waals surface area contributed by atoms with Gasteiger partial charge in [0.05, 0.1) is 0 Å². The summed E-state index contributed by atoms with van der Waals surface area (Å²) in [6, 6.07) is 0. The maximum absolute atomic E-state index is 12.7. The summed E-state index contributed by atoms with van der Waals surface area (Å²) < 4.78 is 16.7. The Morgan fingerprint density at radius 2 is 0.672 bits per heavy atom. The van der Waals surface area contributed by atoms with E-state index in [-0.39, 0.29) is 31.1 Å². The summed E-state index contributed by atoms with van der Waals surface area (Å²) in [5.74, 6) is -0.882. The van der Waals surface area contributed by atoms with Crippen LogP contribution in [0.25, 0.3) is 0 Å². The minimum absolute atomic E-state index is 0.0728. The van der Waals surface area contributed by atoms with Crippen LogP contribution < -0.4 is 0 Å². The molecule has 0 amide bonds. The van der Waals surface area contributed by atoms with Crippen molar-refractivity contribution in [1.82, 2.24) is 0 Å². The van der Waals surface area contributed by atoms with Gasteiger partial charge in [-0.15, -0.1) is 0 Å². The third-order valence-electron chi connectivity index (χ3n) is 10.6. The van der Waals surface area contributed by atoms with Crippen LogP contribution in [-0.2, 0) is 28.6 Å². The minimum atomic E-state index is -0.769. The molecule has 0 fully saturated rings. The predicted molar refractivity (Wildman–Crippen MR) is 247 cm³/mol. The standard InChI is InChI=1S/C52H92O6/c1-4-7-10-13-16-19-21-22-23-24-25-26-27-28-29-30-32-33-36-39-42-45-51(54)57-48-49(47-56-50(53)44-41-38-35-18-15-12-9-6-3)58-52(55)46-43-40-37-34-31-20-17-14-11-8-5-2/h7,10,16,19,22-23,25-26,49H,4-6,8-9,11-15,17-18,20-21,24,27-48H2,1-3H3/b10-7-,19-16-,23-22-,26-25-. The van der Waals surface area contributed by atoms with Crippen molar-refractivity contribution in [2.75, 3.05) is 13.2 Å². The second-order valence-electron chi connectivity index (χ2n) is 16.4. The third-order valence-corrected chi connectivity index (χ3v) is 10.6. The average Bonchev–Trinajstić information content (AvgIpc) is 3.22. The zero-order valence-electron chi connectivity index (χ0n) is 38.3. The highest BCUT2D eigenvalue weighted by molar-refractivity contribution is 5.71. The second kappa shape index (κ2) is 47.1. The number of carbonyl (C=O) groups excluding carboxylic acids is 3. The van der Waals surface area contributed by atoms with Crippen molar-refractivity contribution in [3.8, 4) is 0 Å². The van der Waals surface area contributed by atoms with Crippen LogP contribution in [0.5, 0.6) is 0 Å². The Hall–Kier alpha value is -2.63. The summed E-state index contributed by atoms with van der Waals surface area (Å²) in [6.07, 6.45) is 55.3. The summed E-state index contributed by atoms with van der Waals surface area (Å²) >= 11 is 0. The molecule has 58 heavy (non-hydrogen) atoms. The summed E-state index contributed by atoms with van der Waals surface area (Å²) in [6.45, 7) is 6.49. The van der Waals surface area contributed by atoms with Crippen molar-refractivity contribution in [2.24, 2.45) is 0 Å². The van der Waals surface area contributed by atoms with Gasteiger partial charge in [-0.2, -0.15) is 0 Å². The molecule has 0 heterocycles. The number of esters is 3. The van der Waals surface area contributed by atoms with Crippen molar-refractivity contribution in [3.05, 3.63) is 48.6 Å². The van der Waals surface area contributed by atoms with Gasteiger partial charge >= 0.3 is 17.9 Å². The molecule has 0 aromatic carbocycles. The normalized spacial score (nSPS) is 12.4. The van der Waals surface area contributed by atoms with Crippen LogP contribution in [0.4, 0.5) is 0 Å². The van der Waals surface area contributed by atoms with E-state index in [1.165, 1.54) is 116 Å². The molecule has 6 heteroatoms. The largest absolute Gasteiger partial charge is 0.462 e. The summed E-state index contributed by atoms with van der Waals surface area (Å²) in [4.78, 5) is 37.7. The van der Waals surface area contributed by atoms with E-state index in [1.54, 1.807) is 0 Å². The molecule has 0 aromatic rings. The smallest absolute Gasteiger partial charge is 0.306 e. The van der Waals surface area contributed by atoms with Crippen LogP contribution >= 0.6 is 0 Å². The van der Waals surface area contributed by atoms with Crippen molar-refractivity contribution < 1.29 is 28.6 Å². The Morgan fingerprint density at radius 1 is 0.362 bits per heavy atom. The van der Waals surface area contributed by atoms with Crippen molar-refractivity contribution >= 4 is 17.9 Å². The quantitative estimate of drug-likeness (QED) is 0.0264. The minimum Gasteiger partial charge on any atom is -0.462 e. The molecule has 1 atom stereocenters. The van der Waals surface area contributed by atoms with Gasteiger partial charge in [0.1, 0.15) is 13.2 Å². The molecule has 0 N–H and O–H groups in total. The Morgan fingerprint density at radius 3 is 1.05 bits per heavy atom. The first-order valence-corrected chi connectivity index (χ1v) is 24.6. The fourth-order valence-electron chi connectivity index (χ4n) is 6.90. The van der Waals surface area contributed by atoms with Gasteiger partial charge in [0.25, 0.3) is 0 Å². The van der Waals surface area contributed by atoms with Gasteiger partial charge in [-0.1, -0.05) is 217 Å². The maximum atomic E-state index is 12.7. The Bertz CT molecular complexity index is 1030. The fraction of sp³-hybridized carbons (Fsp3) is 0.788. The van der Waals surface area contributed by atoms with Gasteiger partial charge in [-0.3, -0.25) is 14.4 Å². The third kappa shape index (κ3) is 44.5. The zero-order chi connectivity index (χ0) is 42.3. The van der Waals surface area contributed by atoms with E-state index in [4.69, 9.17) is 14.2 Å². The van der Waals surface area contributed by atoms with E-state index < -0.39 is 6.10 Å². The van der Waals surface area contributed by atoms with E-state index in [2.05, 4.69) is 69.4 Å². The van der Waals surface area contributed by atoms with Crippen molar-refractivity contribution in [3.63, 3.8) is 0 Å². The van der Waals surface area contributed by atoms with Crippen LogP contribution in [0.15, 0.2) is 48.6 Å². The molecule has 0 rings (SSSR count). The summed E-state index contributed by atoms with van der Waals surface area (Å²) in [7, 11) is 0. The molecule has 1 unspecified atom stereocenters. The summed E-state index contributed by atoms with van der Waals surface area (Å²) in [5.41, 5.74) is 0. The van der Waals surface area contributed by atoms with Gasteiger partial charge in [0.15, 0.2) is 6.10 Å². The van der Waals surface area contributed by atoms with Gasteiger partial charge in [0.2, 0.25) is 0 Å². The first-order chi connectivity index (χ1) is 28.5. The lowest BCUT2D eigenvalue weighted by molar-refractivity contribution is -0.167. The number of carbonyl (C=O) groups is 3. The van der Waals surface area contributed by atoms with E-state index in [0.29, 0.717) is 19.3 Å². The zero-order valence-corrected chi connectivity index (χ0v) is 38.3. The molecular weight excluding hydrogens is 721 g/mol. The van der Waals surface area contributed by atoms with E-state index in [0.717, 1.165) is 89.9 Å². The highest BCUT2D eigenvalue weighted by Gasteiger charge is 2.19. The number of ether oxygens (including phenoxy) is 3. The van der Waals surface area contributed by atoms with Gasteiger partial charge in [-0.25, -0.2) is 0 Å². The van der Waals surface area contributed by atoms with Crippen LogP contribution in [0, 0.1) is 0 Å². The molecule has 0 aliphatic rings. The van der Waals surface area contributed by atoms with Crippen LogP contribution in [-0.4, -0.2) is 37.2 Å². The van der Waals surface area contributed by atoms with Crippen molar-refractivity contribution in [1.29, 1.82) is 0 Å². The molecule has 0 bridgehead atoms. The molecule has 0 radical (unpaired) electrons. The SMILES string of the molecule is CC/C=C\C/C=C\C/C=C\C/C=C\CCCCCCCCCCC(=O)OCC(COC(=O)CCCCCCCCCC)OC(=O)CCCCCCCCCCCCC. The highest BCUT2D eigenvalue weighted by Crippen LogP contribution is 2.15. The molecular formula is C52H92O6. The topological polar surface area (TPSA) is 78.9 Å². The molecule has 0 saturated carbocycles. The fourth-order valence-corrected chi connectivity index (χ4v) is 6.90. The van der Waals surface area contributed by atoms with E-state index in [1.807, 2.05) is 0 Å². The van der Waals surface area contributed by atoms with Gasteiger partial charge in [0, 0.05) is 19.3 Å². The Kier molecular flexibility index (Phi) is 44.9. The summed E-state index contributed by atoms with van der Waals surface area (Å²) in [5, 5.41) is 0.